The molecule has 0 bridgehead atoms. The Labute approximate surface area is 144 Å². The SMILES string of the molecule is CC[C@H](NC(=O)[C@@H]1C[C@H]1c1cccnc1)[C@H](O)c1c(F)cccc1F. The van der Waals surface area contributed by atoms with Crippen molar-refractivity contribution >= 4 is 5.91 Å². The first-order chi connectivity index (χ1) is 12.0. The molecule has 25 heavy (non-hydrogen) atoms. The van der Waals surface area contributed by atoms with Crippen molar-refractivity contribution in [2.45, 2.75) is 37.8 Å². The molecule has 1 fully saturated rings. The van der Waals surface area contributed by atoms with Crippen LogP contribution in [-0.2, 0) is 4.79 Å². The summed E-state index contributed by atoms with van der Waals surface area (Å²) in [5.41, 5.74) is 0.589. The molecule has 0 unspecified atom stereocenters. The minimum atomic E-state index is -1.44. The molecule has 1 aromatic carbocycles. The van der Waals surface area contributed by atoms with Crippen LogP contribution in [0.3, 0.4) is 0 Å². The third-order valence-electron chi connectivity index (χ3n) is 4.68. The standard InChI is InChI=1S/C19H20F2N2O2/c1-2-16(18(24)17-14(20)6-3-7-15(17)21)23-19(25)13-9-12(13)11-5-4-8-22-10-11/h3-8,10,12-13,16,18,24H,2,9H2,1H3,(H,23,25)/t12-,13+,16-,18-/m0/s1. The molecule has 4 nitrogen and oxygen atoms in total. The fraction of sp³-hybridized carbons (Fsp3) is 0.368. The van der Waals surface area contributed by atoms with E-state index in [0.29, 0.717) is 12.8 Å². The molecule has 1 saturated carbocycles. The van der Waals surface area contributed by atoms with Crippen molar-refractivity contribution < 1.29 is 18.7 Å². The first-order valence-electron chi connectivity index (χ1n) is 8.35. The van der Waals surface area contributed by atoms with Gasteiger partial charge in [0, 0.05) is 18.3 Å². The molecular formula is C19H20F2N2O2. The summed E-state index contributed by atoms with van der Waals surface area (Å²) in [4.78, 5) is 16.5. The van der Waals surface area contributed by atoms with E-state index in [-0.39, 0.29) is 17.7 Å². The Balaban J connectivity index is 1.67. The number of nitrogens with one attached hydrogen (secondary N) is 1. The summed E-state index contributed by atoms with van der Waals surface area (Å²) in [6, 6.07) is 6.41. The molecule has 0 radical (unpaired) electrons. The van der Waals surface area contributed by atoms with Crippen molar-refractivity contribution in [1.29, 1.82) is 0 Å². The van der Waals surface area contributed by atoms with Crippen LogP contribution in [0.1, 0.15) is 42.9 Å². The highest BCUT2D eigenvalue weighted by Crippen LogP contribution is 2.47. The van der Waals surface area contributed by atoms with Gasteiger partial charge in [0.1, 0.15) is 17.7 Å². The molecule has 0 spiro atoms. The highest BCUT2D eigenvalue weighted by molar-refractivity contribution is 5.83. The average molecular weight is 346 g/mol. The number of nitrogens with zero attached hydrogens (tertiary/aromatic N) is 1. The van der Waals surface area contributed by atoms with Crippen LogP contribution in [0, 0.1) is 17.6 Å². The highest BCUT2D eigenvalue weighted by atomic mass is 19.1. The molecule has 1 aromatic heterocycles. The minimum absolute atomic E-state index is 0.105. The van der Waals surface area contributed by atoms with E-state index >= 15 is 0 Å². The van der Waals surface area contributed by atoms with Gasteiger partial charge in [-0.15, -0.1) is 0 Å². The summed E-state index contributed by atoms with van der Waals surface area (Å²) in [5.74, 6) is -1.94. The summed E-state index contributed by atoms with van der Waals surface area (Å²) < 4.78 is 27.7. The lowest BCUT2D eigenvalue weighted by Gasteiger charge is -2.24. The third-order valence-corrected chi connectivity index (χ3v) is 4.68. The zero-order valence-corrected chi connectivity index (χ0v) is 13.8. The summed E-state index contributed by atoms with van der Waals surface area (Å²) in [5, 5.41) is 13.1. The fourth-order valence-corrected chi connectivity index (χ4v) is 3.14. The lowest BCUT2D eigenvalue weighted by atomic mass is 9.98. The number of carbonyl (C=O) groups is 1. The van der Waals surface area contributed by atoms with Gasteiger partial charge < -0.3 is 10.4 Å². The number of hydrogen-bond acceptors (Lipinski definition) is 3. The second kappa shape index (κ2) is 7.27. The van der Waals surface area contributed by atoms with Gasteiger partial charge >= 0.3 is 0 Å². The third kappa shape index (κ3) is 3.69. The van der Waals surface area contributed by atoms with E-state index in [2.05, 4.69) is 10.3 Å². The Kier molecular flexibility index (Phi) is 5.08. The van der Waals surface area contributed by atoms with Crippen LogP contribution < -0.4 is 5.32 Å². The maximum absolute atomic E-state index is 13.9. The number of hydrogen-bond donors (Lipinski definition) is 2. The molecule has 1 amide bonds. The van der Waals surface area contributed by atoms with E-state index in [1.165, 1.54) is 6.07 Å². The Bertz CT molecular complexity index is 734. The summed E-state index contributed by atoms with van der Waals surface area (Å²) >= 11 is 0. The summed E-state index contributed by atoms with van der Waals surface area (Å²) in [6.07, 6.45) is 3.03. The van der Waals surface area contributed by atoms with Crippen molar-refractivity contribution in [3.8, 4) is 0 Å². The van der Waals surface area contributed by atoms with E-state index in [9.17, 15) is 18.7 Å². The Hall–Kier alpha value is -2.34. The molecule has 1 aliphatic carbocycles. The van der Waals surface area contributed by atoms with Gasteiger partial charge in [0.25, 0.3) is 0 Å². The minimum Gasteiger partial charge on any atom is -0.386 e. The highest BCUT2D eigenvalue weighted by Gasteiger charge is 2.45. The number of carbonyl (C=O) groups excluding carboxylic acids is 1. The van der Waals surface area contributed by atoms with Crippen LogP contribution in [0.5, 0.6) is 0 Å². The number of amides is 1. The van der Waals surface area contributed by atoms with E-state index in [4.69, 9.17) is 0 Å². The van der Waals surface area contributed by atoms with Gasteiger partial charge in [0.15, 0.2) is 0 Å². The number of aliphatic hydroxyl groups excluding tert-OH is 1. The van der Waals surface area contributed by atoms with Crippen LogP contribution in [0.15, 0.2) is 42.7 Å². The van der Waals surface area contributed by atoms with Gasteiger partial charge in [-0.05, 0) is 42.5 Å². The zero-order valence-electron chi connectivity index (χ0n) is 13.8. The van der Waals surface area contributed by atoms with E-state index in [1.54, 1.807) is 19.3 Å². The normalized spacial score (nSPS) is 21.4. The molecule has 1 aliphatic rings. The van der Waals surface area contributed by atoms with Gasteiger partial charge in [-0.3, -0.25) is 9.78 Å². The molecule has 2 aromatic rings. The van der Waals surface area contributed by atoms with Crippen LogP contribution >= 0.6 is 0 Å². The second-order valence-corrected chi connectivity index (χ2v) is 6.34. The largest absolute Gasteiger partial charge is 0.386 e. The number of aromatic nitrogens is 1. The van der Waals surface area contributed by atoms with Gasteiger partial charge in [-0.1, -0.05) is 19.1 Å². The molecule has 2 N–H and O–H groups in total. The Morgan fingerprint density at radius 1 is 1.32 bits per heavy atom. The van der Waals surface area contributed by atoms with Crippen LogP contribution in [-0.4, -0.2) is 22.0 Å². The van der Waals surface area contributed by atoms with Crippen molar-refractivity contribution in [3.63, 3.8) is 0 Å². The summed E-state index contributed by atoms with van der Waals surface area (Å²) in [6.45, 7) is 1.75. The van der Waals surface area contributed by atoms with Crippen molar-refractivity contribution in [2.24, 2.45) is 5.92 Å². The molecule has 1 heterocycles. The number of rotatable bonds is 6. The van der Waals surface area contributed by atoms with E-state index in [1.807, 2.05) is 12.1 Å². The molecule has 4 atom stereocenters. The lowest BCUT2D eigenvalue weighted by molar-refractivity contribution is -0.124. The average Bonchev–Trinajstić information content (AvgIpc) is 3.41. The first-order valence-corrected chi connectivity index (χ1v) is 8.35. The van der Waals surface area contributed by atoms with E-state index in [0.717, 1.165) is 17.7 Å². The number of pyridine rings is 1. The molecule has 6 heteroatoms. The van der Waals surface area contributed by atoms with Gasteiger partial charge in [0.05, 0.1) is 11.6 Å². The quantitative estimate of drug-likeness (QED) is 0.845. The topological polar surface area (TPSA) is 62.2 Å². The number of halogens is 2. The van der Waals surface area contributed by atoms with Crippen LogP contribution in [0.2, 0.25) is 0 Å². The first kappa shape index (κ1) is 17.5. The number of benzene rings is 1. The van der Waals surface area contributed by atoms with Crippen molar-refractivity contribution in [1.82, 2.24) is 10.3 Å². The van der Waals surface area contributed by atoms with Crippen molar-refractivity contribution in [2.75, 3.05) is 0 Å². The van der Waals surface area contributed by atoms with Gasteiger partial charge in [-0.25, -0.2) is 8.78 Å². The second-order valence-electron chi connectivity index (χ2n) is 6.34. The van der Waals surface area contributed by atoms with Crippen LogP contribution in [0.4, 0.5) is 8.78 Å². The molecule has 0 saturated heterocycles. The lowest BCUT2D eigenvalue weighted by Crippen LogP contribution is -2.40. The monoisotopic (exact) mass is 346 g/mol. The predicted molar refractivity (Wildman–Crippen MR) is 88.6 cm³/mol. The maximum Gasteiger partial charge on any atom is 0.224 e. The Morgan fingerprint density at radius 2 is 2.04 bits per heavy atom. The smallest absolute Gasteiger partial charge is 0.224 e. The molecule has 0 aliphatic heterocycles. The molecule has 3 rings (SSSR count). The Morgan fingerprint density at radius 3 is 2.64 bits per heavy atom. The summed E-state index contributed by atoms with van der Waals surface area (Å²) in [7, 11) is 0. The van der Waals surface area contributed by atoms with Crippen molar-refractivity contribution in [3.05, 3.63) is 65.5 Å². The molecular weight excluding hydrogens is 326 g/mol. The predicted octanol–water partition coefficient (Wildman–Crippen LogP) is 3.09. The van der Waals surface area contributed by atoms with E-state index < -0.39 is 29.3 Å². The van der Waals surface area contributed by atoms with Gasteiger partial charge in [-0.2, -0.15) is 0 Å². The maximum atomic E-state index is 13.9. The van der Waals surface area contributed by atoms with Gasteiger partial charge in [0.2, 0.25) is 5.91 Å². The number of aliphatic hydroxyl groups is 1. The molecule has 132 valence electrons. The van der Waals surface area contributed by atoms with Crippen LogP contribution in [0.25, 0.3) is 0 Å². The zero-order chi connectivity index (χ0) is 18.0. The fourth-order valence-electron chi connectivity index (χ4n) is 3.14.